The van der Waals surface area contributed by atoms with E-state index in [4.69, 9.17) is 98.0 Å². The van der Waals surface area contributed by atoms with Gasteiger partial charge in [0.1, 0.15) is 55.7 Å². The Balaban J connectivity index is 0.000000185. The molecule has 12 aromatic rings. The first-order valence-electron chi connectivity index (χ1n) is 30.2. The lowest BCUT2D eigenvalue weighted by Crippen LogP contribution is -2.29. The van der Waals surface area contributed by atoms with E-state index in [0.29, 0.717) is 78.5 Å². The van der Waals surface area contributed by atoms with E-state index in [2.05, 4.69) is 19.9 Å². The van der Waals surface area contributed by atoms with E-state index < -0.39 is 45.7 Å². The fraction of sp³-hybridized carbons (Fsp3) is 0. The van der Waals surface area contributed by atoms with Gasteiger partial charge in [0.25, 0.3) is 34.6 Å². The van der Waals surface area contributed by atoms with Gasteiger partial charge in [0.05, 0.1) is 64.7 Å². The smallest absolute Gasteiger partial charge is 0.457 e. The standard InChI is InChI=1S/C24H17N3O4.C12H11BO3.C12H8ClN3O3.C12H6ClN3O2.C6H6BNO4.C6H2Cl2N2/c25-24(28)21-13-14-22(17-5-4-6-18(15-17)27(29)30)26-23(21)16-9-11-20(12-10-16)31-19-7-2-1-3-8-19;14-13(15)10-6-8-12(9-7-10)16-11-4-2-1-3-5-11;13-11-9(12(14)17)4-5-10(15-11)7-2-1-3-8(6-7)16(18)19;13-12-9(7-14)4-5-11(15-12)8-2-1-3-10(6-8)16(17)18;9-7(10)5-2-1-3-6(4-5)8(11)12;7-5-2-1-4(3-9)6(8)10-5/h1-15H,(H2,25,28);1-9,14-15H;1-6H,(H2,14,17);1-6H;1-4,9-10H;1-2H. The van der Waals surface area contributed by atoms with Crippen molar-refractivity contribution in [1.29, 1.82) is 10.5 Å². The molecule has 4 aromatic heterocycles. The number of hydrogen-bond acceptors (Lipinski definition) is 22. The monoisotopic (exact) mass is 1500 g/mol. The molecule has 4 heterocycles. The summed E-state index contributed by atoms with van der Waals surface area (Å²) in [7, 11) is -3.10. The number of non-ortho nitro benzene ring substituents is 4. The van der Waals surface area contributed by atoms with E-state index in [0.717, 1.165) is 11.8 Å². The summed E-state index contributed by atoms with van der Waals surface area (Å²) in [6.07, 6.45) is 0. The van der Waals surface area contributed by atoms with Crippen LogP contribution in [0.25, 0.3) is 45.0 Å². The molecule has 2 amide bonds. The molecule has 0 saturated heterocycles. The average molecular weight is 1500 g/mol. The molecule has 12 rings (SSSR count). The van der Waals surface area contributed by atoms with E-state index in [1.807, 2.05) is 72.8 Å². The van der Waals surface area contributed by atoms with Crippen molar-refractivity contribution in [3.05, 3.63) is 338 Å². The van der Waals surface area contributed by atoms with Crippen molar-refractivity contribution >= 4 is 106 Å². The third-order valence-corrected chi connectivity index (χ3v) is 15.0. The third kappa shape index (κ3) is 23.9. The molecule has 8 aromatic carbocycles. The van der Waals surface area contributed by atoms with Crippen LogP contribution in [-0.4, -0.2) is 85.8 Å². The summed E-state index contributed by atoms with van der Waals surface area (Å²) in [5.41, 5.74) is 16.1. The molecule has 0 radical (unpaired) electrons. The minimum Gasteiger partial charge on any atom is -0.457 e. The Labute approximate surface area is 621 Å². The van der Waals surface area contributed by atoms with E-state index in [1.54, 1.807) is 103 Å². The summed E-state index contributed by atoms with van der Waals surface area (Å²) in [4.78, 5) is 79.9. The van der Waals surface area contributed by atoms with Crippen LogP contribution in [0.1, 0.15) is 31.8 Å². The summed E-state index contributed by atoms with van der Waals surface area (Å²) < 4.78 is 11.3. The van der Waals surface area contributed by atoms with Gasteiger partial charge < -0.3 is 41.0 Å². The van der Waals surface area contributed by atoms with Gasteiger partial charge in [0.2, 0.25) is 0 Å². The Morgan fingerprint density at radius 3 is 1.12 bits per heavy atom. The molecule has 34 heteroatoms. The van der Waals surface area contributed by atoms with Crippen molar-refractivity contribution in [2.24, 2.45) is 11.5 Å². The number of nitro benzene ring substituents is 4. The Morgan fingerprint density at radius 1 is 0.377 bits per heavy atom. The maximum absolute atomic E-state index is 12.0. The number of aromatic nitrogens is 4. The molecule has 8 N–H and O–H groups in total. The predicted molar refractivity (Wildman–Crippen MR) is 397 cm³/mol. The lowest BCUT2D eigenvalue weighted by Gasteiger charge is -2.11. The van der Waals surface area contributed by atoms with Crippen molar-refractivity contribution in [2.45, 2.75) is 0 Å². The quantitative estimate of drug-likeness (QED) is 0.0226. The topological polar surface area (TPSA) is 457 Å². The number of hydrogen-bond donors (Lipinski definition) is 6. The molecule has 0 spiro atoms. The van der Waals surface area contributed by atoms with Crippen molar-refractivity contribution in [3.63, 3.8) is 0 Å². The normalized spacial score (nSPS) is 9.94. The molecular formula is C72H50B2Cl4N12O16. The zero-order valence-electron chi connectivity index (χ0n) is 54.2. The second kappa shape index (κ2) is 39.1. The highest BCUT2D eigenvalue weighted by atomic mass is 35.5. The minimum atomic E-state index is -1.66. The molecule has 28 nitrogen and oxygen atoms in total. The van der Waals surface area contributed by atoms with E-state index in [-0.39, 0.29) is 60.4 Å². The summed E-state index contributed by atoms with van der Waals surface area (Å²) in [5, 5.41) is 95.5. The molecule has 0 aliphatic carbocycles. The van der Waals surface area contributed by atoms with Gasteiger partial charge in [0.15, 0.2) is 0 Å². The number of carbonyl (C=O) groups excluding carboxylic acids is 2. The number of nitrogens with two attached hydrogens (primary N) is 2. The molecule has 0 fully saturated rings. The number of nitro groups is 4. The molecule has 106 heavy (non-hydrogen) atoms. The van der Waals surface area contributed by atoms with Gasteiger partial charge in [-0.3, -0.25) is 50.0 Å². The van der Waals surface area contributed by atoms with Crippen molar-refractivity contribution in [1.82, 2.24) is 19.9 Å². The lowest BCUT2D eigenvalue weighted by molar-refractivity contribution is -0.385. The zero-order chi connectivity index (χ0) is 77.0. The number of benzene rings is 8. The van der Waals surface area contributed by atoms with Gasteiger partial charge in [-0.05, 0) is 120 Å². The Morgan fingerprint density at radius 2 is 0.736 bits per heavy atom. The number of nitriles is 2. The minimum absolute atomic E-state index is 0.0187. The summed E-state index contributed by atoms with van der Waals surface area (Å²) in [6.45, 7) is 0. The SMILES string of the molecule is N#Cc1ccc(-c2cccc([N+](=O)[O-])c2)nc1Cl.N#Cc1ccc(Cl)nc1Cl.NC(=O)c1ccc(-c2cccc([N+](=O)[O-])c2)nc1-c1ccc(Oc2ccccc2)cc1.NC(=O)c1ccc(-c2cccc([N+](=O)[O-])c2)nc1Cl.O=[N+]([O-])c1cccc(B(O)O)c1.OB(O)c1ccc(Oc2ccccc2)cc1. The van der Waals surface area contributed by atoms with Crippen molar-refractivity contribution in [3.8, 4) is 80.2 Å². The number of nitrogens with zero attached hydrogens (tertiary/aromatic N) is 10. The van der Waals surface area contributed by atoms with Crippen LogP contribution in [0.2, 0.25) is 20.6 Å². The van der Waals surface area contributed by atoms with E-state index >= 15 is 0 Å². The third-order valence-electron chi connectivity index (χ3n) is 13.9. The number of ether oxygens (including phenoxy) is 2. The molecule has 0 bridgehead atoms. The zero-order valence-corrected chi connectivity index (χ0v) is 57.3. The van der Waals surface area contributed by atoms with Gasteiger partial charge in [-0.15, -0.1) is 0 Å². The molecule has 0 atom stereocenters. The van der Waals surface area contributed by atoms with Gasteiger partial charge in [-0.25, -0.2) is 19.9 Å². The molecule has 0 aliphatic heterocycles. The predicted octanol–water partition coefficient (Wildman–Crippen LogP) is 13.5. The van der Waals surface area contributed by atoms with Crippen molar-refractivity contribution in [2.75, 3.05) is 0 Å². The van der Waals surface area contributed by atoms with Crippen LogP contribution in [0.5, 0.6) is 23.0 Å². The van der Waals surface area contributed by atoms with Gasteiger partial charge in [-0.2, -0.15) is 10.5 Å². The number of para-hydroxylation sites is 2. The second-order valence-electron chi connectivity index (χ2n) is 21.0. The van der Waals surface area contributed by atoms with Crippen LogP contribution in [0.3, 0.4) is 0 Å². The highest BCUT2D eigenvalue weighted by Gasteiger charge is 2.19. The summed E-state index contributed by atoms with van der Waals surface area (Å²) in [6, 6.07) is 72.0. The number of primary amides is 2. The largest absolute Gasteiger partial charge is 0.488 e. The van der Waals surface area contributed by atoms with Crippen LogP contribution >= 0.6 is 46.4 Å². The first kappa shape index (κ1) is 79.9. The van der Waals surface area contributed by atoms with E-state index in [9.17, 15) is 50.0 Å². The highest BCUT2D eigenvalue weighted by Crippen LogP contribution is 2.32. The molecule has 0 saturated carbocycles. The molecule has 0 aliphatic rings. The first-order valence-corrected chi connectivity index (χ1v) is 31.7. The Hall–Kier alpha value is -13.4. The Kier molecular flexibility index (Phi) is 29.5. The fourth-order valence-electron chi connectivity index (χ4n) is 8.77. The number of amides is 2. The number of pyridine rings is 4. The van der Waals surface area contributed by atoms with Crippen LogP contribution in [-0.2, 0) is 0 Å². The van der Waals surface area contributed by atoms with E-state index in [1.165, 1.54) is 84.9 Å². The van der Waals surface area contributed by atoms with Gasteiger partial charge in [-0.1, -0.05) is 143 Å². The van der Waals surface area contributed by atoms with Gasteiger partial charge in [0, 0.05) is 70.8 Å². The molecular weight excluding hydrogens is 1450 g/mol. The summed E-state index contributed by atoms with van der Waals surface area (Å²) in [5.74, 6) is 1.46. The highest BCUT2D eigenvalue weighted by molar-refractivity contribution is 6.59. The number of halogens is 4. The number of rotatable bonds is 16. The number of carbonyl (C=O) groups is 2. The van der Waals surface area contributed by atoms with Crippen molar-refractivity contribution < 1.29 is 58.9 Å². The maximum Gasteiger partial charge on any atom is 0.488 e. The summed E-state index contributed by atoms with van der Waals surface area (Å²) >= 11 is 22.6. The van der Waals surface area contributed by atoms with Crippen LogP contribution in [0.4, 0.5) is 22.7 Å². The average Bonchev–Trinajstić information content (AvgIpc) is 0.872. The fourth-order valence-corrected chi connectivity index (χ4v) is 9.60. The molecule has 528 valence electrons. The van der Waals surface area contributed by atoms with Crippen LogP contribution in [0, 0.1) is 63.1 Å². The van der Waals surface area contributed by atoms with Crippen LogP contribution < -0.4 is 31.9 Å². The molecule has 0 unspecified atom stereocenters. The first-order chi connectivity index (χ1) is 50.7. The Bertz CT molecular complexity index is 5230. The van der Waals surface area contributed by atoms with Crippen LogP contribution in [0.15, 0.2) is 255 Å². The second-order valence-corrected chi connectivity index (χ2v) is 22.5. The lowest BCUT2D eigenvalue weighted by atomic mass is 9.80. The maximum atomic E-state index is 12.0. The van der Waals surface area contributed by atoms with Gasteiger partial charge >= 0.3 is 14.2 Å².